The third-order valence-electron chi connectivity index (χ3n) is 8.20. The zero-order valence-electron chi connectivity index (χ0n) is 22.0. The van der Waals surface area contributed by atoms with E-state index in [0.717, 1.165) is 11.6 Å². The third-order valence-corrected chi connectivity index (χ3v) is 8.20. The molecule has 0 bridgehead atoms. The standard InChI is InChI=1S/C28H28F2N6O5/c29-20-5-1-3-18(23(20)30)16-6-7-21(25-32-14-17(13-22(37)38)36(25)15-16)33-26(39)35-11-8-28(9-12-35)19-4-2-10-31-24(19)34-27(40)41-28/h1-5,10,14,16,21H,6-9,11-13,15H2,(H,33,39)(H,37,38)(H,31,34,40)/t16-,21-/m1/s1. The molecule has 0 radical (unpaired) electrons. The van der Waals surface area contributed by atoms with Gasteiger partial charge in [0.1, 0.15) is 17.2 Å². The molecular weight excluding hydrogens is 538 g/mol. The number of pyridine rings is 1. The van der Waals surface area contributed by atoms with Crippen LogP contribution in [0.15, 0.2) is 42.7 Å². The van der Waals surface area contributed by atoms with Crippen molar-refractivity contribution in [2.75, 3.05) is 18.4 Å². The molecule has 13 heteroatoms. The minimum Gasteiger partial charge on any atom is -0.481 e. The number of hydrogen-bond donors (Lipinski definition) is 3. The van der Waals surface area contributed by atoms with E-state index in [2.05, 4.69) is 20.6 Å². The van der Waals surface area contributed by atoms with E-state index >= 15 is 0 Å². The summed E-state index contributed by atoms with van der Waals surface area (Å²) in [5.41, 5.74) is 0.503. The lowest BCUT2D eigenvalue weighted by Gasteiger charge is -2.43. The van der Waals surface area contributed by atoms with Gasteiger partial charge < -0.3 is 24.6 Å². The van der Waals surface area contributed by atoms with E-state index in [1.807, 2.05) is 6.07 Å². The topological polar surface area (TPSA) is 139 Å². The number of imidazole rings is 1. The van der Waals surface area contributed by atoms with E-state index < -0.39 is 41.3 Å². The lowest BCUT2D eigenvalue weighted by Crippen LogP contribution is -2.52. The zero-order valence-corrected chi connectivity index (χ0v) is 22.0. The smallest absolute Gasteiger partial charge is 0.413 e. The van der Waals surface area contributed by atoms with Crippen LogP contribution >= 0.6 is 0 Å². The van der Waals surface area contributed by atoms with Crippen LogP contribution < -0.4 is 10.6 Å². The fraction of sp³-hybridized carbons (Fsp3) is 0.393. The Morgan fingerprint density at radius 2 is 1.95 bits per heavy atom. The summed E-state index contributed by atoms with van der Waals surface area (Å²) in [6.45, 7) is 0.829. The van der Waals surface area contributed by atoms with Crippen LogP contribution in [0.4, 0.5) is 24.2 Å². The van der Waals surface area contributed by atoms with E-state index in [4.69, 9.17) is 4.74 Å². The van der Waals surface area contributed by atoms with Gasteiger partial charge in [-0.2, -0.15) is 0 Å². The first kappa shape index (κ1) is 26.7. The quantitative estimate of drug-likeness (QED) is 0.433. The van der Waals surface area contributed by atoms with Crippen LogP contribution in [0.3, 0.4) is 0 Å². The average molecular weight is 567 g/mol. The summed E-state index contributed by atoms with van der Waals surface area (Å²) >= 11 is 0. The number of carbonyl (C=O) groups is 3. The highest BCUT2D eigenvalue weighted by molar-refractivity contribution is 5.87. The van der Waals surface area contributed by atoms with Gasteiger partial charge in [-0.05, 0) is 36.6 Å². The Balaban J connectivity index is 1.21. The van der Waals surface area contributed by atoms with E-state index in [0.29, 0.717) is 56.1 Å². The molecule has 3 aliphatic heterocycles. The van der Waals surface area contributed by atoms with Gasteiger partial charge in [0, 0.05) is 62.0 Å². The number of likely N-dealkylation sites (tertiary alicyclic amines) is 1. The van der Waals surface area contributed by atoms with Crippen molar-refractivity contribution in [3.05, 3.63) is 77.0 Å². The highest BCUT2D eigenvalue weighted by Crippen LogP contribution is 2.43. The first-order valence-electron chi connectivity index (χ1n) is 13.4. The summed E-state index contributed by atoms with van der Waals surface area (Å²) in [7, 11) is 0. The fourth-order valence-corrected chi connectivity index (χ4v) is 6.16. The van der Waals surface area contributed by atoms with Gasteiger partial charge in [-0.25, -0.2) is 28.3 Å². The fourth-order valence-electron chi connectivity index (χ4n) is 6.16. The maximum atomic E-state index is 14.7. The number of carboxylic acids is 1. The van der Waals surface area contributed by atoms with Gasteiger partial charge in [0.15, 0.2) is 11.6 Å². The number of nitrogens with zero attached hydrogens (tertiary/aromatic N) is 4. The second-order valence-electron chi connectivity index (χ2n) is 10.6. The highest BCUT2D eigenvalue weighted by atomic mass is 19.2. The molecule has 3 aromatic rings. The molecule has 41 heavy (non-hydrogen) atoms. The number of nitrogens with one attached hydrogen (secondary N) is 2. The van der Waals surface area contributed by atoms with Crippen LogP contribution in [-0.2, 0) is 28.1 Å². The summed E-state index contributed by atoms with van der Waals surface area (Å²) in [6, 6.07) is 6.73. The number of carbonyl (C=O) groups excluding carboxylic acids is 2. The van der Waals surface area contributed by atoms with Crippen LogP contribution in [0.2, 0.25) is 0 Å². The van der Waals surface area contributed by atoms with E-state index in [9.17, 15) is 28.3 Å². The number of urea groups is 1. The number of fused-ring (bicyclic) bond motifs is 3. The molecule has 0 saturated carbocycles. The van der Waals surface area contributed by atoms with Gasteiger partial charge in [0.25, 0.3) is 0 Å². The van der Waals surface area contributed by atoms with Crippen molar-refractivity contribution >= 4 is 23.9 Å². The van der Waals surface area contributed by atoms with Gasteiger partial charge in [-0.15, -0.1) is 0 Å². The van der Waals surface area contributed by atoms with Gasteiger partial charge in [-0.1, -0.05) is 12.1 Å². The zero-order chi connectivity index (χ0) is 28.7. The Hall–Kier alpha value is -4.55. The monoisotopic (exact) mass is 566 g/mol. The number of benzene rings is 1. The molecule has 3 amide bonds. The maximum Gasteiger partial charge on any atom is 0.413 e. The second kappa shape index (κ2) is 10.5. The largest absolute Gasteiger partial charge is 0.481 e. The molecule has 3 N–H and O–H groups in total. The first-order chi connectivity index (χ1) is 19.7. The lowest BCUT2D eigenvalue weighted by molar-refractivity contribution is -0.136. The predicted molar refractivity (Wildman–Crippen MR) is 140 cm³/mol. The Morgan fingerprint density at radius 1 is 1.15 bits per heavy atom. The van der Waals surface area contributed by atoms with Gasteiger partial charge in [0.05, 0.1) is 12.5 Å². The van der Waals surface area contributed by atoms with Crippen LogP contribution in [-0.4, -0.2) is 55.7 Å². The maximum absolute atomic E-state index is 14.7. The van der Waals surface area contributed by atoms with Crippen molar-refractivity contribution in [2.45, 2.75) is 56.2 Å². The van der Waals surface area contributed by atoms with Crippen LogP contribution in [0, 0.1) is 11.6 Å². The van der Waals surface area contributed by atoms with Gasteiger partial charge >= 0.3 is 18.1 Å². The average Bonchev–Trinajstić information content (AvgIpc) is 3.23. The number of ether oxygens (including phenoxy) is 1. The summed E-state index contributed by atoms with van der Waals surface area (Å²) in [6.07, 6.45) is 3.73. The van der Waals surface area contributed by atoms with E-state index in [1.54, 1.807) is 21.7 Å². The number of aliphatic carboxylic acids is 1. The Labute approximate surface area is 233 Å². The number of rotatable bonds is 4. The van der Waals surface area contributed by atoms with Crippen LogP contribution in [0.5, 0.6) is 0 Å². The molecule has 1 saturated heterocycles. The number of piperidine rings is 1. The van der Waals surface area contributed by atoms with Crippen molar-refractivity contribution in [3.63, 3.8) is 0 Å². The Morgan fingerprint density at radius 3 is 2.73 bits per heavy atom. The Kier molecular flexibility index (Phi) is 6.80. The highest BCUT2D eigenvalue weighted by Gasteiger charge is 2.46. The molecule has 2 aromatic heterocycles. The minimum absolute atomic E-state index is 0.198. The van der Waals surface area contributed by atoms with Crippen LogP contribution in [0.25, 0.3) is 0 Å². The second-order valence-corrected chi connectivity index (χ2v) is 10.6. The van der Waals surface area contributed by atoms with Crippen molar-refractivity contribution < 1.29 is 33.0 Å². The SMILES string of the molecule is O=C(O)Cc1cnc2n1C[C@H](c1cccc(F)c1F)CC[C@H]2NC(=O)N1CCC2(CC1)OC(=O)Nc1ncccc12. The number of amides is 3. The minimum atomic E-state index is -1.05. The van der Waals surface area contributed by atoms with Crippen molar-refractivity contribution in [1.82, 2.24) is 24.8 Å². The normalized spacial score (nSPS) is 21.2. The first-order valence-corrected chi connectivity index (χ1v) is 13.4. The molecule has 6 rings (SSSR count). The van der Waals surface area contributed by atoms with Crippen molar-refractivity contribution in [3.8, 4) is 0 Å². The van der Waals surface area contributed by atoms with Crippen LogP contribution in [0.1, 0.15) is 60.3 Å². The molecule has 11 nitrogen and oxygen atoms in total. The predicted octanol–water partition coefficient (Wildman–Crippen LogP) is 4.07. The molecule has 214 valence electrons. The van der Waals surface area contributed by atoms with Crippen molar-refractivity contribution in [2.24, 2.45) is 0 Å². The number of halogens is 2. The number of anilines is 1. The number of hydrogen-bond acceptors (Lipinski definition) is 6. The number of carboxylic acid groups (broad SMARTS) is 1. The van der Waals surface area contributed by atoms with E-state index in [-0.39, 0.29) is 24.6 Å². The Bertz CT molecular complexity index is 1520. The molecule has 1 spiro atoms. The van der Waals surface area contributed by atoms with E-state index in [1.165, 1.54) is 18.3 Å². The molecule has 1 aromatic carbocycles. The summed E-state index contributed by atoms with van der Waals surface area (Å²) in [5.74, 6) is -2.47. The third kappa shape index (κ3) is 4.96. The summed E-state index contributed by atoms with van der Waals surface area (Å²) < 4.78 is 36.2. The van der Waals surface area contributed by atoms with Gasteiger partial charge in [0.2, 0.25) is 0 Å². The molecule has 1 fully saturated rings. The van der Waals surface area contributed by atoms with Crippen molar-refractivity contribution in [1.29, 1.82) is 0 Å². The molecule has 3 aliphatic rings. The summed E-state index contributed by atoms with van der Waals surface area (Å²) in [5, 5.41) is 15.1. The molecule has 0 aliphatic carbocycles. The molecule has 0 unspecified atom stereocenters. The number of aromatic nitrogens is 3. The molecular formula is C28H28F2N6O5. The summed E-state index contributed by atoms with van der Waals surface area (Å²) in [4.78, 5) is 47.5. The molecule has 5 heterocycles. The lowest BCUT2D eigenvalue weighted by atomic mass is 9.83. The molecule has 2 atom stereocenters. The van der Waals surface area contributed by atoms with Gasteiger partial charge in [-0.3, -0.25) is 10.1 Å².